The predicted octanol–water partition coefficient (Wildman–Crippen LogP) is 4.10. The zero-order valence-electron chi connectivity index (χ0n) is 14.5. The summed E-state index contributed by atoms with van der Waals surface area (Å²) in [7, 11) is 0. The first-order valence-corrected chi connectivity index (χ1v) is 9.02. The number of carbonyl (C=O) groups is 2. The topological polar surface area (TPSA) is 46.6 Å². The summed E-state index contributed by atoms with van der Waals surface area (Å²) in [5.74, 6) is 1.48. The molecule has 1 saturated carbocycles. The number of carbonyl (C=O) groups excluding carboxylic acids is 2. The van der Waals surface area contributed by atoms with E-state index in [2.05, 4.69) is 12.2 Å². The molecule has 0 unspecified atom stereocenters. The van der Waals surface area contributed by atoms with Crippen molar-refractivity contribution in [3.63, 3.8) is 0 Å². The fraction of sp³-hybridized carbons (Fsp3) is 0.273. The van der Waals surface area contributed by atoms with E-state index in [4.69, 9.17) is 4.74 Å². The highest BCUT2D eigenvalue weighted by Gasteiger charge is 2.59. The standard InChI is InChI=1S/C22H19NO3/c1-13-3-2-4-18(11-13)26-17-9-7-16(8-10-17)23-21(24)19-14-5-6-15(12-14)20(19)22(23)25/h2-11,14-15,19-20H,12H2,1H3/t14-,15+,19+,20-. The normalized spacial score (nSPS) is 28.7. The molecule has 2 bridgehead atoms. The molecule has 130 valence electrons. The second-order valence-electron chi connectivity index (χ2n) is 7.42. The van der Waals surface area contributed by atoms with Gasteiger partial charge in [0, 0.05) is 0 Å². The smallest absolute Gasteiger partial charge is 0.238 e. The Bertz CT molecular complexity index is 901. The first-order chi connectivity index (χ1) is 12.6. The lowest BCUT2D eigenvalue weighted by Crippen LogP contribution is -2.32. The minimum absolute atomic E-state index is 0.0517. The third-order valence-corrected chi connectivity index (χ3v) is 5.79. The minimum Gasteiger partial charge on any atom is -0.457 e. The molecule has 5 rings (SSSR count). The summed E-state index contributed by atoms with van der Waals surface area (Å²) in [6, 6.07) is 15.0. The van der Waals surface area contributed by atoms with E-state index >= 15 is 0 Å². The molecule has 1 aliphatic heterocycles. The minimum atomic E-state index is -0.166. The number of allylic oxidation sites excluding steroid dienone is 2. The van der Waals surface area contributed by atoms with Crippen LogP contribution in [0, 0.1) is 30.6 Å². The third-order valence-electron chi connectivity index (χ3n) is 5.79. The van der Waals surface area contributed by atoms with Crippen molar-refractivity contribution in [2.45, 2.75) is 13.3 Å². The lowest BCUT2D eigenvalue weighted by molar-refractivity contribution is -0.123. The molecule has 4 heteroatoms. The number of ether oxygens (including phenoxy) is 1. The van der Waals surface area contributed by atoms with Crippen LogP contribution in [0.25, 0.3) is 0 Å². The average molecular weight is 345 g/mol. The van der Waals surface area contributed by atoms with E-state index in [1.54, 1.807) is 24.3 Å². The fourth-order valence-corrected chi connectivity index (χ4v) is 4.63. The van der Waals surface area contributed by atoms with E-state index < -0.39 is 0 Å². The van der Waals surface area contributed by atoms with Gasteiger partial charge in [-0.05, 0) is 67.1 Å². The van der Waals surface area contributed by atoms with E-state index in [0.29, 0.717) is 11.4 Å². The largest absolute Gasteiger partial charge is 0.457 e. The second kappa shape index (κ2) is 5.56. The molecular formula is C22H19NO3. The van der Waals surface area contributed by atoms with Crippen LogP contribution >= 0.6 is 0 Å². The number of hydrogen-bond acceptors (Lipinski definition) is 3. The Morgan fingerprint density at radius 2 is 1.54 bits per heavy atom. The van der Waals surface area contributed by atoms with Gasteiger partial charge in [0.25, 0.3) is 0 Å². The number of imide groups is 1. The lowest BCUT2D eigenvalue weighted by Gasteiger charge is -2.17. The van der Waals surface area contributed by atoms with Gasteiger partial charge in [0.1, 0.15) is 11.5 Å². The Hall–Kier alpha value is -2.88. The third kappa shape index (κ3) is 2.22. The first-order valence-electron chi connectivity index (χ1n) is 9.02. The van der Waals surface area contributed by atoms with E-state index in [0.717, 1.165) is 17.7 Å². The van der Waals surface area contributed by atoms with Crippen LogP contribution < -0.4 is 9.64 Å². The van der Waals surface area contributed by atoms with Crippen LogP contribution in [0.3, 0.4) is 0 Å². The van der Waals surface area contributed by atoms with Crippen LogP contribution in [0.15, 0.2) is 60.7 Å². The summed E-state index contributed by atoms with van der Waals surface area (Å²) in [6.07, 6.45) is 5.17. The van der Waals surface area contributed by atoms with Crippen LogP contribution in [-0.4, -0.2) is 11.8 Å². The van der Waals surface area contributed by atoms with Crippen molar-refractivity contribution in [2.24, 2.45) is 23.7 Å². The number of hydrogen-bond donors (Lipinski definition) is 0. The maximum atomic E-state index is 12.8. The summed E-state index contributed by atoms with van der Waals surface area (Å²) < 4.78 is 5.85. The van der Waals surface area contributed by atoms with E-state index in [1.165, 1.54) is 4.90 Å². The number of nitrogens with zero attached hydrogens (tertiary/aromatic N) is 1. The summed E-state index contributed by atoms with van der Waals surface area (Å²) in [5.41, 5.74) is 1.76. The molecule has 2 aromatic rings. The molecular weight excluding hydrogens is 326 g/mol. The maximum absolute atomic E-state index is 12.8. The zero-order chi connectivity index (χ0) is 17.8. The SMILES string of the molecule is Cc1cccc(Oc2ccc(N3C(=O)[C@@H]4[C@H](C3=O)[C@H]3C=C[C@@H]4C3)cc2)c1. The molecule has 2 amide bonds. The summed E-state index contributed by atoms with van der Waals surface area (Å²) in [4.78, 5) is 27.1. The molecule has 1 heterocycles. The van der Waals surface area contributed by atoms with Gasteiger partial charge in [-0.2, -0.15) is 0 Å². The van der Waals surface area contributed by atoms with Crippen molar-refractivity contribution in [2.75, 3.05) is 4.90 Å². The molecule has 0 spiro atoms. The highest BCUT2D eigenvalue weighted by atomic mass is 16.5. The van der Waals surface area contributed by atoms with Gasteiger partial charge in [-0.15, -0.1) is 0 Å². The lowest BCUT2D eigenvalue weighted by atomic mass is 9.85. The summed E-state index contributed by atoms with van der Waals surface area (Å²) in [5, 5.41) is 0. The second-order valence-corrected chi connectivity index (χ2v) is 7.42. The van der Waals surface area contributed by atoms with Gasteiger partial charge in [0.15, 0.2) is 0 Å². The van der Waals surface area contributed by atoms with Gasteiger partial charge in [-0.3, -0.25) is 14.5 Å². The number of amides is 2. The number of benzene rings is 2. The number of fused-ring (bicyclic) bond motifs is 5. The van der Waals surface area contributed by atoms with Crippen molar-refractivity contribution >= 4 is 17.5 Å². The van der Waals surface area contributed by atoms with Crippen LogP contribution in [0.2, 0.25) is 0 Å². The number of rotatable bonds is 3. The molecule has 2 fully saturated rings. The fourth-order valence-electron chi connectivity index (χ4n) is 4.63. The average Bonchev–Trinajstić information content (AvgIpc) is 3.30. The molecule has 3 aliphatic rings. The molecule has 4 nitrogen and oxygen atoms in total. The van der Waals surface area contributed by atoms with Crippen LogP contribution in [0.1, 0.15) is 12.0 Å². The van der Waals surface area contributed by atoms with Gasteiger partial charge < -0.3 is 4.74 Å². The highest BCUT2D eigenvalue weighted by Crippen LogP contribution is 2.53. The summed E-state index contributed by atoms with van der Waals surface area (Å²) in [6.45, 7) is 2.01. The Labute approximate surface area is 152 Å². The highest BCUT2D eigenvalue weighted by molar-refractivity contribution is 6.22. The van der Waals surface area contributed by atoms with Crippen molar-refractivity contribution in [3.8, 4) is 11.5 Å². The van der Waals surface area contributed by atoms with Gasteiger partial charge in [0.05, 0.1) is 17.5 Å². The first kappa shape index (κ1) is 15.4. The van der Waals surface area contributed by atoms with Crippen molar-refractivity contribution < 1.29 is 14.3 Å². The zero-order valence-corrected chi connectivity index (χ0v) is 14.5. The van der Waals surface area contributed by atoms with Crippen molar-refractivity contribution in [1.82, 2.24) is 0 Å². The molecule has 26 heavy (non-hydrogen) atoms. The molecule has 0 aromatic heterocycles. The maximum Gasteiger partial charge on any atom is 0.238 e. The van der Waals surface area contributed by atoms with Crippen LogP contribution in [0.4, 0.5) is 5.69 Å². The van der Waals surface area contributed by atoms with Gasteiger partial charge in [-0.1, -0.05) is 24.3 Å². The molecule has 1 saturated heterocycles. The van der Waals surface area contributed by atoms with Crippen LogP contribution in [0.5, 0.6) is 11.5 Å². The number of anilines is 1. The van der Waals surface area contributed by atoms with E-state index in [1.807, 2.05) is 31.2 Å². The van der Waals surface area contributed by atoms with Crippen molar-refractivity contribution in [1.29, 1.82) is 0 Å². The Kier molecular flexibility index (Phi) is 3.29. The van der Waals surface area contributed by atoms with Crippen LogP contribution in [-0.2, 0) is 9.59 Å². The van der Waals surface area contributed by atoms with E-state index in [9.17, 15) is 9.59 Å². The molecule has 2 aromatic carbocycles. The molecule has 2 aliphatic carbocycles. The quantitative estimate of drug-likeness (QED) is 0.621. The predicted molar refractivity (Wildman–Crippen MR) is 97.9 cm³/mol. The van der Waals surface area contributed by atoms with Gasteiger partial charge >= 0.3 is 0 Å². The Morgan fingerprint density at radius 1 is 0.885 bits per heavy atom. The van der Waals surface area contributed by atoms with Crippen molar-refractivity contribution in [3.05, 3.63) is 66.2 Å². The summed E-state index contributed by atoms with van der Waals surface area (Å²) >= 11 is 0. The Morgan fingerprint density at radius 3 is 2.15 bits per heavy atom. The number of aryl methyl sites for hydroxylation is 1. The van der Waals surface area contributed by atoms with Gasteiger partial charge in [-0.25, -0.2) is 0 Å². The van der Waals surface area contributed by atoms with E-state index in [-0.39, 0.29) is 35.5 Å². The van der Waals surface area contributed by atoms with Gasteiger partial charge in [0.2, 0.25) is 11.8 Å². The monoisotopic (exact) mass is 345 g/mol. The molecule has 0 N–H and O–H groups in total. The molecule has 0 radical (unpaired) electrons. The Balaban J connectivity index is 1.38. The molecule has 4 atom stereocenters.